The van der Waals surface area contributed by atoms with Crippen LogP contribution in [-0.2, 0) is 0 Å². The Balaban J connectivity index is 2.12. The summed E-state index contributed by atoms with van der Waals surface area (Å²) >= 11 is 7.32. The van der Waals surface area contributed by atoms with Gasteiger partial charge in [-0.3, -0.25) is 0 Å². The summed E-state index contributed by atoms with van der Waals surface area (Å²) in [6.07, 6.45) is -0.773. The molecule has 2 aromatic heterocycles. The van der Waals surface area contributed by atoms with Gasteiger partial charge in [0.2, 0.25) is 0 Å². The van der Waals surface area contributed by atoms with Gasteiger partial charge in [-0.1, -0.05) is 18.2 Å². The summed E-state index contributed by atoms with van der Waals surface area (Å²) < 4.78 is 6.32. The number of furan rings is 1. The first-order chi connectivity index (χ1) is 8.25. The van der Waals surface area contributed by atoms with Crippen LogP contribution in [0.5, 0.6) is 0 Å². The normalized spacial score (nSPS) is 13.1. The van der Waals surface area contributed by atoms with Gasteiger partial charge in [0.05, 0.1) is 0 Å². The van der Waals surface area contributed by atoms with Gasteiger partial charge in [0.1, 0.15) is 11.9 Å². The Morgan fingerprint density at radius 3 is 2.82 bits per heavy atom. The molecule has 0 bridgehead atoms. The highest BCUT2D eigenvalue weighted by Crippen LogP contribution is 2.33. The fourth-order valence-electron chi connectivity index (χ4n) is 1.86. The number of rotatable bonds is 2. The van der Waals surface area contributed by atoms with Gasteiger partial charge in [-0.05, 0) is 40.6 Å². The number of aliphatic hydroxyl groups is 1. The Morgan fingerprint density at radius 2 is 2.06 bits per heavy atom. The highest BCUT2D eigenvalue weighted by atomic mass is 35.5. The van der Waals surface area contributed by atoms with Crippen LogP contribution in [0.4, 0.5) is 0 Å². The summed E-state index contributed by atoms with van der Waals surface area (Å²) in [5, 5.41) is 13.7. The van der Waals surface area contributed by atoms with Crippen LogP contribution in [0.25, 0.3) is 10.1 Å². The van der Waals surface area contributed by atoms with E-state index < -0.39 is 6.10 Å². The molecule has 17 heavy (non-hydrogen) atoms. The zero-order chi connectivity index (χ0) is 11.8. The topological polar surface area (TPSA) is 33.4 Å². The van der Waals surface area contributed by atoms with Gasteiger partial charge in [0, 0.05) is 10.3 Å². The fourth-order valence-corrected chi connectivity index (χ4v) is 2.95. The first-order valence-electron chi connectivity index (χ1n) is 5.15. The van der Waals surface area contributed by atoms with Crippen molar-refractivity contribution in [2.24, 2.45) is 0 Å². The third-order valence-corrected chi connectivity index (χ3v) is 3.85. The zero-order valence-corrected chi connectivity index (χ0v) is 10.3. The zero-order valence-electron chi connectivity index (χ0n) is 8.76. The van der Waals surface area contributed by atoms with Crippen molar-refractivity contribution in [3.8, 4) is 0 Å². The first-order valence-corrected chi connectivity index (χ1v) is 6.41. The van der Waals surface area contributed by atoms with E-state index in [1.807, 2.05) is 29.6 Å². The Hall–Kier alpha value is -1.29. The van der Waals surface area contributed by atoms with E-state index in [0.717, 1.165) is 15.6 Å². The van der Waals surface area contributed by atoms with Crippen molar-refractivity contribution in [1.82, 2.24) is 0 Å². The molecular weight excluding hydrogens is 256 g/mol. The Labute approximate surface area is 107 Å². The summed E-state index contributed by atoms with van der Waals surface area (Å²) in [7, 11) is 0. The molecule has 0 spiro atoms. The van der Waals surface area contributed by atoms with Crippen LogP contribution in [0.15, 0.2) is 46.2 Å². The minimum absolute atomic E-state index is 0.289. The molecule has 2 nitrogen and oxygen atoms in total. The van der Waals surface area contributed by atoms with Crippen molar-refractivity contribution in [2.75, 3.05) is 0 Å². The average Bonchev–Trinajstić information content (AvgIpc) is 2.95. The van der Waals surface area contributed by atoms with E-state index in [1.54, 1.807) is 23.5 Å². The Bertz CT molecular complexity index is 656. The number of fused-ring (bicyclic) bond motifs is 1. The maximum Gasteiger partial charge on any atom is 0.193 e. The Kier molecular flexibility index (Phi) is 2.67. The van der Waals surface area contributed by atoms with Crippen LogP contribution in [0.2, 0.25) is 5.22 Å². The minimum Gasteiger partial charge on any atom is -0.447 e. The molecule has 0 aliphatic rings. The molecule has 4 heteroatoms. The predicted molar refractivity (Wildman–Crippen MR) is 69.6 cm³/mol. The van der Waals surface area contributed by atoms with Crippen LogP contribution in [-0.4, -0.2) is 5.11 Å². The van der Waals surface area contributed by atoms with Gasteiger partial charge in [-0.25, -0.2) is 0 Å². The van der Waals surface area contributed by atoms with Crippen LogP contribution in [0, 0.1) is 0 Å². The molecule has 86 valence electrons. The van der Waals surface area contributed by atoms with Gasteiger partial charge >= 0.3 is 0 Å². The fraction of sp³-hybridized carbons (Fsp3) is 0.0769. The van der Waals surface area contributed by atoms with Crippen LogP contribution in [0.1, 0.15) is 17.4 Å². The summed E-state index contributed by atoms with van der Waals surface area (Å²) in [6.45, 7) is 0. The molecule has 0 fully saturated rings. The predicted octanol–water partition coefficient (Wildman–Crippen LogP) is 4.23. The summed E-state index contributed by atoms with van der Waals surface area (Å²) in [5.41, 5.74) is 0.850. The van der Waals surface area contributed by atoms with E-state index in [9.17, 15) is 5.11 Å². The molecule has 1 N–H and O–H groups in total. The van der Waals surface area contributed by atoms with E-state index in [1.165, 1.54) is 0 Å². The number of benzene rings is 1. The molecule has 1 unspecified atom stereocenters. The number of aliphatic hydroxyl groups excluding tert-OH is 1. The van der Waals surface area contributed by atoms with Crippen LogP contribution < -0.4 is 0 Å². The largest absolute Gasteiger partial charge is 0.447 e. The average molecular weight is 265 g/mol. The second kappa shape index (κ2) is 4.18. The molecule has 3 aromatic rings. The van der Waals surface area contributed by atoms with E-state index >= 15 is 0 Å². The van der Waals surface area contributed by atoms with Crippen LogP contribution in [0.3, 0.4) is 0 Å². The van der Waals surface area contributed by atoms with E-state index in [2.05, 4.69) is 0 Å². The van der Waals surface area contributed by atoms with Crippen molar-refractivity contribution < 1.29 is 9.52 Å². The minimum atomic E-state index is -0.773. The summed E-state index contributed by atoms with van der Waals surface area (Å²) in [5.74, 6) is 0.468. The van der Waals surface area contributed by atoms with Gasteiger partial charge in [0.15, 0.2) is 5.22 Å². The molecule has 0 saturated carbocycles. The number of halogens is 1. The third-order valence-electron chi connectivity index (χ3n) is 2.67. The lowest BCUT2D eigenvalue weighted by atomic mass is 10.1. The molecule has 0 saturated heterocycles. The maximum atomic E-state index is 10.3. The molecule has 0 amide bonds. The lowest BCUT2D eigenvalue weighted by molar-refractivity contribution is 0.191. The molecular formula is C13H9ClO2S. The van der Waals surface area contributed by atoms with Gasteiger partial charge in [-0.15, -0.1) is 11.3 Å². The van der Waals surface area contributed by atoms with Crippen molar-refractivity contribution in [3.63, 3.8) is 0 Å². The van der Waals surface area contributed by atoms with E-state index in [4.69, 9.17) is 16.0 Å². The number of hydrogen-bond donors (Lipinski definition) is 1. The van der Waals surface area contributed by atoms with Gasteiger partial charge in [0.25, 0.3) is 0 Å². The number of hydrogen-bond acceptors (Lipinski definition) is 3. The molecule has 0 radical (unpaired) electrons. The SMILES string of the molecule is OC(c1ccc(Cl)o1)c1cccc2ccsc12. The van der Waals surface area contributed by atoms with Crippen molar-refractivity contribution in [2.45, 2.75) is 6.10 Å². The molecule has 1 atom stereocenters. The molecule has 0 aliphatic heterocycles. The number of thiophene rings is 1. The van der Waals surface area contributed by atoms with Gasteiger partial charge in [-0.2, -0.15) is 0 Å². The standard InChI is InChI=1S/C13H9ClO2S/c14-11-5-4-10(16-11)12(15)9-3-1-2-8-6-7-17-13(8)9/h1-7,12,15H. The summed E-state index contributed by atoms with van der Waals surface area (Å²) in [4.78, 5) is 0. The Morgan fingerprint density at radius 1 is 1.18 bits per heavy atom. The third kappa shape index (κ3) is 1.86. The lowest BCUT2D eigenvalue weighted by Crippen LogP contribution is -1.97. The second-order valence-electron chi connectivity index (χ2n) is 3.73. The highest BCUT2D eigenvalue weighted by Gasteiger charge is 2.17. The molecule has 3 rings (SSSR count). The molecule has 0 aliphatic carbocycles. The van der Waals surface area contributed by atoms with Crippen molar-refractivity contribution in [1.29, 1.82) is 0 Å². The summed E-state index contributed by atoms with van der Waals surface area (Å²) in [6, 6.07) is 11.2. The molecule has 2 heterocycles. The maximum absolute atomic E-state index is 10.3. The molecule has 1 aromatic carbocycles. The van der Waals surface area contributed by atoms with Crippen molar-refractivity contribution in [3.05, 3.63) is 58.3 Å². The monoisotopic (exact) mass is 264 g/mol. The smallest absolute Gasteiger partial charge is 0.193 e. The highest BCUT2D eigenvalue weighted by molar-refractivity contribution is 7.17. The van der Waals surface area contributed by atoms with E-state index in [-0.39, 0.29) is 5.22 Å². The van der Waals surface area contributed by atoms with Gasteiger partial charge < -0.3 is 9.52 Å². The van der Waals surface area contributed by atoms with Crippen molar-refractivity contribution >= 4 is 33.0 Å². The quantitative estimate of drug-likeness (QED) is 0.751. The first kappa shape index (κ1) is 10.8. The van der Waals surface area contributed by atoms with Crippen LogP contribution >= 0.6 is 22.9 Å². The van der Waals surface area contributed by atoms with E-state index in [0.29, 0.717) is 5.76 Å². The lowest BCUT2D eigenvalue weighted by Gasteiger charge is -2.09. The second-order valence-corrected chi connectivity index (χ2v) is 5.02.